The predicted octanol–water partition coefficient (Wildman–Crippen LogP) is 3.58. The lowest BCUT2D eigenvalue weighted by Crippen LogP contribution is -2.39. The predicted molar refractivity (Wildman–Crippen MR) is 136 cm³/mol. The maximum Gasteiger partial charge on any atom is 0.337 e. The van der Waals surface area contributed by atoms with Crippen LogP contribution in [0.15, 0.2) is 59.6 Å². The molecule has 1 heterocycles. The summed E-state index contributed by atoms with van der Waals surface area (Å²) in [6.45, 7) is 4.24. The Balaban J connectivity index is 1.70. The summed E-state index contributed by atoms with van der Waals surface area (Å²) in [6, 6.07) is 15.6. The number of anilines is 2. The van der Waals surface area contributed by atoms with Gasteiger partial charge >= 0.3 is 5.97 Å². The van der Waals surface area contributed by atoms with Gasteiger partial charge in [0.1, 0.15) is 5.75 Å². The normalized spacial score (nSPS) is 11.0. The van der Waals surface area contributed by atoms with Crippen LogP contribution >= 0.6 is 12.2 Å². The van der Waals surface area contributed by atoms with Crippen molar-refractivity contribution in [1.29, 1.82) is 0 Å². The van der Waals surface area contributed by atoms with Crippen molar-refractivity contribution < 1.29 is 14.6 Å². The number of aromatic hydroxyl groups is 1. The van der Waals surface area contributed by atoms with Crippen LogP contribution in [-0.4, -0.2) is 45.8 Å². The standard InChI is InChI=1S/C24H26N6O3S/c1-15-14-16(2)27-23(26-15)29-22(25-13-12-17-4-10-20(31)11-5-17)30-24(34)28-19-8-6-18(7-9-19)21(32)33-3/h4-11,14,31H,12-13H2,1-3H3,(H3,25,26,27,28,29,30,34). The van der Waals surface area contributed by atoms with Gasteiger partial charge in [-0.15, -0.1) is 0 Å². The van der Waals surface area contributed by atoms with Gasteiger partial charge in [0.25, 0.3) is 0 Å². The summed E-state index contributed by atoms with van der Waals surface area (Å²) >= 11 is 5.44. The highest BCUT2D eigenvalue weighted by Crippen LogP contribution is 2.11. The van der Waals surface area contributed by atoms with Crippen LogP contribution in [0.3, 0.4) is 0 Å². The molecule has 0 fully saturated rings. The number of phenolic OH excluding ortho intramolecular Hbond substituents is 1. The van der Waals surface area contributed by atoms with Crippen molar-refractivity contribution in [1.82, 2.24) is 15.3 Å². The second-order valence-electron chi connectivity index (χ2n) is 7.39. The summed E-state index contributed by atoms with van der Waals surface area (Å²) in [6.07, 6.45) is 0.663. The van der Waals surface area contributed by atoms with E-state index in [4.69, 9.17) is 17.0 Å². The third-order valence-corrected chi connectivity index (χ3v) is 4.82. The first-order valence-corrected chi connectivity index (χ1v) is 10.9. The maximum atomic E-state index is 11.6. The molecule has 4 N–H and O–H groups in total. The molecule has 2 aromatic carbocycles. The Morgan fingerprint density at radius 1 is 1.03 bits per heavy atom. The molecule has 0 saturated heterocycles. The van der Waals surface area contributed by atoms with Crippen LogP contribution in [0.25, 0.3) is 0 Å². The Labute approximate surface area is 203 Å². The number of aryl methyl sites for hydroxylation is 2. The smallest absolute Gasteiger partial charge is 0.337 e. The zero-order valence-corrected chi connectivity index (χ0v) is 19.9. The molecule has 0 aliphatic rings. The van der Waals surface area contributed by atoms with Gasteiger partial charge in [0.15, 0.2) is 5.11 Å². The molecule has 0 spiro atoms. The second kappa shape index (κ2) is 11.7. The van der Waals surface area contributed by atoms with Gasteiger partial charge in [0.05, 0.1) is 12.7 Å². The van der Waals surface area contributed by atoms with Crippen LogP contribution in [0.2, 0.25) is 0 Å². The number of esters is 1. The van der Waals surface area contributed by atoms with Gasteiger partial charge < -0.3 is 20.5 Å². The lowest BCUT2D eigenvalue weighted by molar-refractivity contribution is 0.0600. The van der Waals surface area contributed by atoms with Gasteiger partial charge in [-0.25, -0.2) is 14.8 Å². The highest BCUT2D eigenvalue weighted by molar-refractivity contribution is 7.80. The van der Waals surface area contributed by atoms with E-state index in [1.54, 1.807) is 36.4 Å². The largest absolute Gasteiger partial charge is 0.508 e. The number of hydrogen-bond acceptors (Lipinski definition) is 7. The SMILES string of the molecule is COC(=O)c1ccc(NC(=S)NC(=NCCc2ccc(O)cc2)Nc2nc(C)cc(C)n2)cc1. The molecule has 1 aromatic heterocycles. The summed E-state index contributed by atoms with van der Waals surface area (Å²) in [5.41, 5.74) is 3.82. The van der Waals surface area contributed by atoms with Crippen LogP contribution in [0.4, 0.5) is 11.6 Å². The molecule has 3 rings (SSSR count). The lowest BCUT2D eigenvalue weighted by Gasteiger charge is -2.14. The van der Waals surface area contributed by atoms with Gasteiger partial charge in [-0.2, -0.15) is 0 Å². The minimum absolute atomic E-state index is 0.222. The highest BCUT2D eigenvalue weighted by atomic mass is 32.1. The Kier molecular flexibility index (Phi) is 8.47. The number of rotatable bonds is 6. The number of thiocarbonyl (C=S) groups is 1. The number of carbonyl (C=O) groups excluding carboxylic acids is 1. The van der Waals surface area contributed by atoms with Crippen molar-refractivity contribution in [3.8, 4) is 5.75 Å². The number of carbonyl (C=O) groups is 1. The maximum absolute atomic E-state index is 11.6. The van der Waals surface area contributed by atoms with Crippen LogP contribution in [0.5, 0.6) is 5.75 Å². The monoisotopic (exact) mass is 478 g/mol. The molecule has 0 amide bonds. The number of ether oxygens (including phenoxy) is 1. The first-order valence-electron chi connectivity index (χ1n) is 10.5. The first-order chi connectivity index (χ1) is 16.3. The molecule has 176 valence electrons. The Morgan fingerprint density at radius 2 is 1.68 bits per heavy atom. The summed E-state index contributed by atoms with van der Waals surface area (Å²) < 4.78 is 4.71. The van der Waals surface area contributed by atoms with Crippen LogP contribution in [-0.2, 0) is 11.2 Å². The van der Waals surface area contributed by atoms with E-state index in [1.807, 2.05) is 32.0 Å². The molecule has 3 aromatic rings. The molecule has 0 atom stereocenters. The molecule has 10 heteroatoms. The number of methoxy groups -OCH3 is 1. The van der Waals surface area contributed by atoms with Crippen LogP contribution < -0.4 is 16.0 Å². The zero-order chi connectivity index (χ0) is 24.5. The van der Waals surface area contributed by atoms with Crippen molar-refractivity contribution in [2.75, 3.05) is 24.3 Å². The number of nitrogens with zero attached hydrogens (tertiary/aromatic N) is 3. The lowest BCUT2D eigenvalue weighted by atomic mass is 10.1. The average Bonchev–Trinajstić information content (AvgIpc) is 2.79. The Morgan fingerprint density at radius 3 is 2.29 bits per heavy atom. The van der Waals surface area contributed by atoms with E-state index in [2.05, 4.69) is 30.9 Å². The third-order valence-electron chi connectivity index (χ3n) is 4.62. The van der Waals surface area contributed by atoms with Crippen LogP contribution in [0.1, 0.15) is 27.3 Å². The fraction of sp³-hybridized carbons (Fsp3) is 0.208. The van der Waals surface area contributed by atoms with Crippen molar-refractivity contribution in [3.05, 3.63) is 77.1 Å². The molecule has 0 aliphatic heterocycles. The number of phenols is 1. The molecular weight excluding hydrogens is 452 g/mol. The number of guanidine groups is 1. The van der Waals surface area contributed by atoms with Crippen molar-refractivity contribution >= 4 is 40.9 Å². The number of aromatic nitrogens is 2. The number of nitrogens with one attached hydrogen (secondary N) is 3. The van der Waals surface area contributed by atoms with Crippen LogP contribution in [0, 0.1) is 13.8 Å². The first kappa shape index (κ1) is 24.6. The fourth-order valence-electron chi connectivity index (χ4n) is 3.03. The number of hydrogen-bond donors (Lipinski definition) is 4. The fourth-order valence-corrected chi connectivity index (χ4v) is 3.25. The van der Waals surface area contributed by atoms with Crippen molar-refractivity contribution in [2.24, 2.45) is 4.99 Å². The van der Waals surface area contributed by atoms with Gasteiger partial charge in [-0.1, -0.05) is 12.1 Å². The van der Waals surface area contributed by atoms with E-state index in [9.17, 15) is 9.90 Å². The third kappa shape index (κ3) is 7.52. The highest BCUT2D eigenvalue weighted by Gasteiger charge is 2.09. The summed E-state index contributed by atoms with van der Waals surface area (Å²) in [5.74, 6) is 0.596. The Hall–Kier alpha value is -4.05. The second-order valence-corrected chi connectivity index (χ2v) is 7.80. The quantitative estimate of drug-likeness (QED) is 0.182. The van der Waals surface area contributed by atoms with E-state index < -0.39 is 5.97 Å². The van der Waals surface area contributed by atoms with Gasteiger partial charge in [-0.05, 0) is 80.5 Å². The topological polar surface area (TPSA) is 121 Å². The van der Waals surface area contributed by atoms with Gasteiger partial charge in [0, 0.05) is 23.6 Å². The zero-order valence-electron chi connectivity index (χ0n) is 19.1. The molecule has 0 aliphatic carbocycles. The van der Waals surface area contributed by atoms with Gasteiger partial charge in [-0.3, -0.25) is 10.3 Å². The molecular formula is C24H26N6O3S. The van der Waals surface area contributed by atoms with E-state index in [1.165, 1.54) is 7.11 Å². The van der Waals surface area contributed by atoms with Crippen molar-refractivity contribution in [3.63, 3.8) is 0 Å². The molecule has 0 saturated carbocycles. The number of aliphatic imine (C=N–C) groups is 1. The summed E-state index contributed by atoms with van der Waals surface area (Å²) in [7, 11) is 1.34. The molecule has 34 heavy (non-hydrogen) atoms. The van der Waals surface area contributed by atoms with E-state index in [0.29, 0.717) is 41.2 Å². The van der Waals surface area contributed by atoms with Crippen molar-refractivity contribution in [2.45, 2.75) is 20.3 Å². The Bertz CT molecular complexity index is 1160. The van der Waals surface area contributed by atoms with E-state index >= 15 is 0 Å². The molecule has 0 bridgehead atoms. The number of benzene rings is 2. The summed E-state index contributed by atoms with van der Waals surface area (Å²) in [5, 5.41) is 18.9. The molecule has 9 nitrogen and oxygen atoms in total. The van der Waals surface area contributed by atoms with E-state index in [0.717, 1.165) is 17.0 Å². The average molecular weight is 479 g/mol. The molecule has 0 radical (unpaired) electrons. The van der Waals surface area contributed by atoms with E-state index in [-0.39, 0.29) is 5.75 Å². The molecule has 0 unspecified atom stereocenters. The minimum Gasteiger partial charge on any atom is -0.508 e. The summed E-state index contributed by atoms with van der Waals surface area (Å²) in [4.78, 5) is 25.0. The minimum atomic E-state index is -0.409. The van der Waals surface area contributed by atoms with Gasteiger partial charge in [0.2, 0.25) is 11.9 Å².